The fourth-order valence-corrected chi connectivity index (χ4v) is 3.64. The fourth-order valence-electron chi connectivity index (χ4n) is 2.67. The minimum absolute atomic E-state index is 0.176. The number of thiophene rings is 1. The Bertz CT molecular complexity index is 519. The lowest BCUT2D eigenvalue weighted by molar-refractivity contribution is 0.0947. The van der Waals surface area contributed by atoms with E-state index in [2.05, 4.69) is 35.1 Å². The van der Waals surface area contributed by atoms with Gasteiger partial charge in [0.1, 0.15) is 0 Å². The van der Waals surface area contributed by atoms with Crippen molar-refractivity contribution in [1.29, 1.82) is 0 Å². The Balaban J connectivity index is 1.87. The molecule has 1 aromatic heterocycles. The van der Waals surface area contributed by atoms with Crippen molar-refractivity contribution in [3.63, 3.8) is 0 Å². The third-order valence-corrected chi connectivity index (χ3v) is 4.59. The minimum Gasteiger partial charge on any atom is -0.378 e. The molecular weight excluding hydrogens is 244 g/mol. The lowest BCUT2D eigenvalue weighted by atomic mass is 9.99. The molecule has 96 valence electrons. The monoisotopic (exact) mass is 262 g/mol. The number of hydrazine groups is 1. The number of ether oxygens (including phenoxy) is 1. The number of benzene rings is 1. The molecule has 1 saturated heterocycles. The number of hydrogen-bond acceptors (Lipinski definition) is 4. The van der Waals surface area contributed by atoms with Crippen molar-refractivity contribution in [2.24, 2.45) is 5.84 Å². The van der Waals surface area contributed by atoms with E-state index in [1.54, 1.807) is 11.3 Å². The van der Waals surface area contributed by atoms with Crippen molar-refractivity contribution in [2.45, 2.75) is 31.4 Å². The van der Waals surface area contributed by atoms with Gasteiger partial charge in [-0.3, -0.25) is 11.3 Å². The van der Waals surface area contributed by atoms with Gasteiger partial charge in [0.25, 0.3) is 0 Å². The van der Waals surface area contributed by atoms with Crippen molar-refractivity contribution in [2.75, 3.05) is 6.61 Å². The van der Waals surface area contributed by atoms with Gasteiger partial charge in [-0.15, -0.1) is 11.3 Å². The van der Waals surface area contributed by atoms with Gasteiger partial charge in [0.15, 0.2) is 0 Å². The first-order valence-electron chi connectivity index (χ1n) is 6.42. The minimum atomic E-state index is 0.176. The van der Waals surface area contributed by atoms with Crippen LogP contribution >= 0.6 is 11.3 Å². The maximum Gasteiger partial charge on any atom is 0.0594 e. The van der Waals surface area contributed by atoms with E-state index in [-0.39, 0.29) is 6.04 Å². The van der Waals surface area contributed by atoms with E-state index in [1.165, 1.54) is 22.1 Å². The number of nitrogens with one attached hydrogen (secondary N) is 1. The number of rotatable bonds is 4. The summed E-state index contributed by atoms with van der Waals surface area (Å²) in [6.07, 6.45) is 3.62. The molecular formula is C14H18N2OS. The third kappa shape index (κ3) is 2.29. The summed E-state index contributed by atoms with van der Waals surface area (Å²) in [6, 6.07) is 8.75. The van der Waals surface area contributed by atoms with Crippen LogP contribution in [0.15, 0.2) is 29.6 Å². The molecule has 0 saturated carbocycles. The summed E-state index contributed by atoms with van der Waals surface area (Å²) >= 11 is 1.78. The Hall–Kier alpha value is -0.940. The zero-order valence-electron chi connectivity index (χ0n) is 10.3. The van der Waals surface area contributed by atoms with Gasteiger partial charge >= 0.3 is 0 Å². The lowest BCUT2D eigenvalue weighted by Gasteiger charge is -2.20. The Morgan fingerprint density at radius 1 is 1.44 bits per heavy atom. The first kappa shape index (κ1) is 12.1. The second-order valence-corrected chi connectivity index (χ2v) is 5.69. The maximum absolute atomic E-state index is 5.74. The highest BCUT2D eigenvalue weighted by molar-refractivity contribution is 7.17. The average molecular weight is 262 g/mol. The van der Waals surface area contributed by atoms with Gasteiger partial charge in [-0.1, -0.05) is 18.2 Å². The van der Waals surface area contributed by atoms with E-state index < -0.39 is 0 Å². The van der Waals surface area contributed by atoms with Gasteiger partial charge in [-0.25, -0.2) is 0 Å². The number of nitrogens with two attached hydrogens (primary N) is 1. The molecule has 2 heterocycles. The van der Waals surface area contributed by atoms with Gasteiger partial charge in [0, 0.05) is 17.3 Å². The first-order valence-corrected chi connectivity index (χ1v) is 7.30. The number of hydrogen-bond donors (Lipinski definition) is 2. The molecule has 4 heteroatoms. The first-order chi connectivity index (χ1) is 8.88. The molecule has 0 amide bonds. The van der Waals surface area contributed by atoms with Gasteiger partial charge in [-0.2, -0.15) is 0 Å². The predicted molar refractivity (Wildman–Crippen MR) is 75.5 cm³/mol. The highest BCUT2D eigenvalue weighted by atomic mass is 32.1. The fraction of sp³-hybridized carbons (Fsp3) is 0.429. The van der Waals surface area contributed by atoms with Crippen LogP contribution in [0.2, 0.25) is 0 Å². The lowest BCUT2D eigenvalue weighted by Crippen LogP contribution is -2.30. The van der Waals surface area contributed by atoms with E-state index in [4.69, 9.17) is 10.6 Å². The van der Waals surface area contributed by atoms with Crippen LogP contribution in [0.1, 0.15) is 30.9 Å². The molecule has 2 unspecified atom stereocenters. The second kappa shape index (κ2) is 5.36. The summed E-state index contributed by atoms with van der Waals surface area (Å²) in [5, 5.41) is 3.43. The van der Waals surface area contributed by atoms with Crippen molar-refractivity contribution >= 4 is 21.4 Å². The molecule has 2 aromatic rings. The van der Waals surface area contributed by atoms with Crippen LogP contribution in [0.25, 0.3) is 10.1 Å². The molecule has 1 aromatic carbocycles. The van der Waals surface area contributed by atoms with Gasteiger partial charge in [-0.05, 0) is 41.7 Å². The van der Waals surface area contributed by atoms with E-state index in [9.17, 15) is 0 Å². The molecule has 0 spiro atoms. The summed E-state index contributed by atoms with van der Waals surface area (Å²) in [4.78, 5) is 0. The Morgan fingerprint density at radius 3 is 3.17 bits per heavy atom. The SMILES string of the molecule is NNC(CC1CCCO1)c1cccc2ccsc12. The molecule has 1 aliphatic rings. The van der Waals surface area contributed by atoms with Crippen molar-refractivity contribution < 1.29 is 4.74 Å². The van der Waals surface area contributed by atoms with Crippen LogP contribution in [0.3, 0.4) is 0 Å². The topological polar surface area (TPSA) is 47.3 Å². The van der Waals surface area contributed by atoms with Crippen molar-refractivity contribution in [3.8, 4) is 0 Å². The summed E-state index contributed by atoms with van der Waals surface area (Å²) in [5.41, 5.74) is 4.25. The van der Waals surface area contributed by atoms with Gasteiger partial charge in [0.05, 0.1) is 6.10 Å². The molecule has 2 atom stereocenters. The molecule has 0 aliphatic carbocycles. The molecule has 18 heavy (non-hydrogen) atoms. The second-order valence-electron chi connectivity index (χ2n) is 4.78. The smallest absolute Gasteiger partial charge is 0.0594 e. The van der Waals surface area contributed by atoms with Crippen LogP contribution in [0, 0.1) is 0 Å². The largest absolute Gasteiger partial charge is 0.378 e. The summed E-state index contributed by atoms with van der Waals surface area (Å²) in [7, 11) is 0. The van der Waals surface area contributed by atoms with Crippen molar-refractivity contribution in [1.82, 2.24) is 5.43 Å². The molecule has 1 fully saturated rings. The van der Waals surface area contributed by atoms with Crippen LogP contribution in [0.4, 0.5) is 0 Å². The highest BCUT2D eigenvalue weighted by Crippen LogP contribution is 2.32. The third-order valence-electron chi connectivity index (χ3n) is 3.61. The van der Waals surface area contributed by atoms with E-state index in [0.29, 0.717) is 6.10 Å². The van der Waals surface area contributed by atoms with Crippen LogP contribution in [-0.2, 0) is 4.74 Å². The normalized spacial score (nSPS) is 21.5. The molecule has 3 N–H and O–H groups in total. The predicted octanol–water partition coefficient (Wildman–Crippen LogP) is 2.97. The summed E-state index contributed by atoms with van der Waals surface area (Å²) in [5.74, 6) is 5.74. The van der Waals surface area contributed by atoms with E-state index >= 15 is 0 Å². The Morgan fingerprint density at radius 2 is 2.39 bits per heavy atom. The summed E-state index contributed by atoms with van der Waals surface area (Å²) < 4.78 is 7.04. The zero-order chi connectivity index (χ0) is 12.4. The molecule has 1 aliphatic heterocycles. The van der Waals surface area contributed by atoms with Gasteiger partial charge < -0.3 is 4.74 Å². The van der Waals surface area contributed by atoms with Crippen molar-refractivity contribution in [3.05, 3.63) is 35.2 Å². The van der Waals surface area contributed by atoms with Gasteiger partial charge in [0.2, 0.25) is 0 Å². The van der Waals surface area contributed by atoms with E-state index in [1.807, 2.05) is 0 Å². The molecule has 0 radical (unpaired) electrons. The molecule has 3 rings (SSSR count). The summed E-state index contributed by atoms with van der Waals surface area (Å²) in [6.45, 7) is 0.894. The Kier molecular flexibility index (Phi) is 3.61. The molecule has 0 bridgehead atoms. The van der Waals surface area contributed by atoms with Crippen LogP contribution < -0.4 is 11.3 Å². The standard InChI is InChI=1S/C14H18N2OS/c15-16-13(9-11-4-2-7-17-11)12-5-1-3-10-6-8-18-14(10)12/h1,3,5-6,8,11,13,16H,2,4,7,9,15H2. The van der Waals surface area contributed by atoms with Crippen LogP contribution in [0.5, 0.6) is 0 Å². The average Bonchev–Trinajstić information content (AvgIpc) is 3.06. The maximum atomic E-state index is 5.74. The quantitative estimate of drug-likeness (QED) is 0.658. The number of fused-ring (bicyclic) bond motifs is 1. The Labute approximate surface area is 111 Å². The van der Waals surface area contributed by atoms with E-state index in [0.717, 1.165) is 19.4 Å². The molecule has 3 nitrogen and oxygen atoms in total. The van der Waals surface area contributed by atoms with Crippen LogP contribution in [-0.4, -0.2) is 12.7 Å². The highest BCUT2D eigenvalue weighted by Gasteiger charge is 2.22. The zero-order valence-corrected chi connectivity index (χ0v) is 11.1.